The second-order valence-corrected chi connectivity index (χ2v) is 6.33. The molecule has 0 saturated heterocycles. The molecular formula is C13H18N2O5S. The maximum Gasteiger partial charge on any atom is 0.328 e. The van der Waals surface area contributed by atoms with Crippen molar-refractivity contribution in [2.75, 3.05) is 17.1 Å². The zero-order valence-electron chi connectivity index (χ0n) is 11.8. The van der Waals surface area contributed by atoms with E-state index in [1.165, 1.54) is 18.3 Å². The number of carboxylic acids is 1. The van der Waals surface area contributed by atoms with Crippen molar-refractivity contribution < 1.29 is 23.1 Å². The summed E-state index contributed by atoms with van der Waals surface area (Å²) >= 11 is 0. The molecule has 0 fully saturated rings. The molecule has 1 heterocycles. The summed E-state index contributed by atoms with van der Waals surface area (Å²) in [4.78, 5) is 14.3. The normalized spacial score (nSPS) is 12.0. The van der Waals surface area contributed by atoms with Crippen LogP contribution in [-0.4, -0.2) is 42.9 Å². The van der Waals surface area contributed by atoms with Crippen molar-refractivity contribution in [2.45, 2.75) is 20.0 Å². The van der Waals surface area contributed by atoms with Gasteiger partial charge in [0.2, 0.25) is 10.0 Å². The summed E-state index contributed by atoms with van der Waals surface area (Å²) in [6.07, 6.45) is 3.67. The van der Waals surface area contributed by atoms with E-state index in [1.807, 2.05) is 13.8 Å². The van der Waals surface area contributed by atoms with E-state index in [1.54, 1.807) is 6.07 Å². The molecule has 0 saturated carbocycles. The number of sulfonamides is 1. The van der Waals surface area contributed by atoms with Crippen LogP contribution in [0.1, 0.15) is 19.4 Å². The quantitative estimate of drug-likeness (QED) is 0.702. The van der Waals surface area contributed by atoms with Gasteiger partial charge in [0.05, 0.1) is 18.5 Å². The maximum atomic E-state index is 11.8. The Bertz CT molecular complexity index is 611. The van der Waals surface area contributed by atoms with Gasteiger partial charge in [-0.05, 0) is 37.6 Å². The molecule has 0 amide bonds. The molecule has 0 unspecified atom stereocenters. The lowest BCUT2D eigenvalue weighted by atomic mass is 10.2. The van der Waals surface area contributed by atoms with Crippen LogP contribution in [0.25, 0.3) is 6.08 Å². The van der Waals surface area contributed by atoms with E-state index < -0.39 is 16.0 Å². The molecule has 0 radical (unpaired) electrons. The van der Waals surface area contributed by atoms with Crippen LogP contribution in [0.2, 0.25) is 0 Å². The molecule has 0 spiro atoms. The van der Waals surface area contributed by atoms with Crippen LogP contribution in [-0.2, 0) is 19.6 Å². The number of pyridine rings is 1. The number of nitrogens with one attached hydrogen (secondary N) is 1. The number of carbonyl (C=O) groups is 1. The predicted octanol–water partition coefficient (Wildman–Crippen LogP) is 1.35. The number of rotatable bonds is 8. The average molecular weight is 314 g/mol. The topological polar surface area (TPSA) is 106 Å². The van der Waals surface area contributed by atoms with Gasteiger partial charge in [0.15, 0.2) is 0 Å². The summed E-state index contributed by atoms with van der Waals surface area (Å²) in [6.45, 7) is 3.73. The van der Waals surface area contributed by atoms with Gasteiger partial charge in [0.1, 0.15) is 5.82 Å². The number of hydrogen-bond acceptors (Lipinski definition) is 5. The van der Waals surface area contributed by atoms with E-state index in [4.69, 9.17) is 9.84 Å². The Balaban J connectivity index is 2.69. The van der Waals surface area contributed by atoms with Crippen molar-refractivity contribution in [3.63, 3.8) is 0 Å². The fourth-order valence-electron chi connectivity index (χ4n) is 1.38. The Hall–Kier alpha value is -1.93. The van der Waals surface area contributed by atoms with Crippen molar-refractivity contribution in [3.05, 3.63) is 30.0 Å². The standard InChI is InChI=1S/C13H18N2O5S/c1-10(2)20-7-8-21(18,19)15-12-9-11(5-6-14-12)3-4-13(16)17/h3-6,9-10H,7-8H2,1-2H3,(H,14,15)(H,16,17)/b4-3+. The van der Waals surface area contributed by atoms with Crippen molar-refractivity contribution in [2.24, 2.45) is 0 Å². The van der Waals surface area contributed by atoms with Crippen LogP contribution in [0.15, 0.2) is 24.4 Å². The van der Waals surface area contributed by atoms with Crippen LogP contribution >= 0.6 is 0 Å². The number of aliphatic carboxylic acids is 1. The zero-order chi connectivity index (χ0) is 15.9. The van der Waals surface area contributed by atoms with Crippen LogP contribution in [0, 0.1) is 0 Å². The largest absolute Gasteiger partial charge is 0.478 e. The minimum atomic E-state index is -3.56. The van der Waals surface area contributed by atoms with Crippen molar-refractivity contribution >= 4 is 27.9 Å². The SMILES string of the molecule is CC(C)OCCS(=O)(=O)Nc1cc(/C=C/C(=O)O)ccn1. The van der Waals surface area contributed by atoms with Crippen molar-refractivity contribution in [1.82, 2.24) is 4.98 Å². The average Bonchev–Trinajstić information content (AvgIpc) is 2.35. The van der Waals surface area contributed by atoms with E-state index in [-0.39, 0.29) is 24.3 Å². The van der Waals surface area contributed by atoms with Gasteiger partial charge < -0.3 is 9.84 Å². The second kappa shape index (κ2) is 7.75. The van der Waals surface area contributed by atoms with Gasteiger partial charge in [-0.1, -0.05) is 0 Å². The molecule has 0 aliphatic carbocycles. The van der Waals surface area contributed by atoms with Crippen LogP contribution < -0.4 is 4.72 Å². The first-order valence-electron chi connectivity index (χ1n) is 6.27. The van der Waals surface area contributed by atoms with E-state index in [0.29, 0.717) is 5.56 Å². The molecule has 2 N–H and O–H groups in total. The third kappa shape index (κ3) is 7.42. The molecule has 1 aromatic heterocycles. The number of nitrogens with zero attached hydrogens (tertiary/aromatic N) is 1. The third-order valence-electron chi connectivity index (χ3n) is 2.27. The van der Waals surface area contributed by atoms with Gasteiger partial charge >= 0.3 is 5.97 Å². The molecule has 116 valence electrons. The summed E-state index contributed by atoms with van der Waals surface area (Å²) in [7, 11) is -3.56. The van der Waals surface area contributed by atoms with E-state index in [9.17, 15) is 13.2 Å². The van der Waals surface area contributed by atoms with Crippen LogP contribution in [0.3, 0.4) is 0 Å². The number of aromatic nitrogens is 1. The number of ether oxygens (including phenoxy) is 1. The Morgan fingerprint density at radius 2 is 2.24 bits per heavy atom. The Morgan fingerprint density at radius 1 is 1.52 bits per heavy atom. The van der Waals surface area contributed by atoms with E-state index >= 15 is 0 Å². The first kappa shape index (κ1) is 17.1. The highest BCUT2D eigenvalue weighted by Gasteiger charge is 2.11. The molecular weight excluding hydrogens is 296 g/mol. The molecule has 1 aromatic rings. The number of anilines is 1. The summed E-state index contributed by atoms with van der Waals surface area (Å²) in [5.41, 5.74) is 0.531. The minimum Gasteiger partial charge on any atom is -0.478 e. The highest BCUT2D eigenvalue weighted by molar-refractivity contribution is 7.92. The van der Waals surface area contributed by atoms with Crippen LogP contribution in [0.5, 0.6) is 0 Å². The van der Waals surface area contributed by atoms with E-state index in [0.717, 1.165) is 6.08 Å². The molecule has 7 nitrogen and oxygen atoms in total. The molecule has 21 heavy (non-hydrogen) atoms. The fraction of sp³-hybridized carbons (Fsp3) is 0.385. The van der Waals surface area contributed by atoms with E-state index in [2.05, 4.69) is 9.71 Å². The van der Waals surface area contributed by atoms with Crippen molar-refractivity contribution in [3.8, 4) is 0 Å². The van der Waals surface area contributed by atoms with Gasteiger partial charge in [0.25, 0.3) is 0 Å². The minimum absolute atomic E-state index is 0.0391. The monoisotopic (exact) mass is 314 g/mol. The second-order valence-electron chi connectivity index (χ2n) is 4.49. The molecule has 0 aliphatic heterocycles. The Morgan fingerprint density at radius 3 is 2.86 bits per heavy atom. The Labute approximate surface area is 123 Å². The summed E-state index contributed by atoms with van der Waals surface area (Å²) in [5, 5.41) is 8.54. The molecule has 8 heteroatoms. The third-order valence-corrected chi connectivity index (χ3v) is 3.49. The highest BCUT2D eigenvalue weighted by Crippen LogP contribution is 2.10. The van der Waals surface area contributed by atoms with Gasteiger partial charge in [-0.25, -0.2) is 18.2 Å². The molecule has 0 atom stereocenters. The highest BCUT2D eigenvalue weighted by atomic mass is 32.2. The summed E-state index contributed by atoms with van der Waals surface area (Å²) in [6, 6.07) is 3.01. The smallest absolute Gasteiger partial charge is 0.328 e. The maximum absolute atomic E-state index is 11.8. The van der Waals surface area contributed by atoms with Gasteiger partial charge in [0, 0.05) is 12.3 Å². The molecule has 0 aliphatic rings. The zero-order valence-corrected chi connectivity index (χ0v) is 12.6. The lowest BCUT2D eigenvalue weighted by molar-refractivity contribution is -0.131. The molecule has 0 bridgehead atoms. The lowest BCUT2D eigenvalue weighted by Crippen LogP contribution is -2.22. The van der Waals surface area contributed by atoms with Gasteiger partial charge in [-0.2, -0.15) is 0 Å². The van der Waals surface area contributed by atoms with Gasteiger partial charge in [-0.15, -0.1) is 0 Å². The predicted molar refractivity (Wildman–Crippen MR) is 79.4 cm³/mol. The van der Waals surface area contributed by atoms with Gasteiger partial charge in [-0.3, -0.25) is 4.72 Å². The Kier molecular flexibility index (Phi) is 6.32. The summed E-state index contributed by atoms with van der Waals surface area (Å²) < 4.78 is 31.1. The number of hydrogen-bond donors (Lipinski definition) is 2. The summed E-state index contributed by atoms with van der Waals surface area (Å²) in [5.74, 6) is -1.13. The lowest BCUT2D eigenvalue weighted by Gasteiger charge is -2.09. The fourth-order valence-corrected chi connectivity index (χ4v) is 2.23. The van der Waals surface area contributed by atoms with Crippen LogP contribution in [0.4, 0.5) is 5.82 Å². The molecule has 1 rings (SSSR count). The number of carboxylic acid groups (broad SMARTS) is 1. The van der Waals surface area contributed by atoms with Crippen molar-refractivity contribution in [1.29, 1.82) is 0 Å². The first-order chi connectivity index (χ1) is 9.78. The first-order valence-corrected chi connectivity index (χ1v) is 7.93. The molecule has 0 aromatic carbocycles.